The van der Waals surface area contributed by atoms with E-state index < -0.39 is 5.91 Å². The first-order valence-electron chi connectivity index (χ1n) is 6.99. The van der Waals surface area contributed by atoms with E-state index in [9.17, 15) is 14.7 Å². The Kier molecular flexibility index (Phi) is 5.07. The fourth-order valence-electron chi connectivity index (χ4n) is 2.06. The molecule has 0 aliphatic carbocycles. The topological polar surface area (TPSA) is 78.9 Å². The van der Waals surface area contributed by atoms with Crippen LogP contribution in [0, 0.1) is 0 Å². The number of aromatic hydroxyl groups is 1. The van der Waals surface area contributed by atoms with E-state index in [0.29, 0.717) is 21.1 Å². The van der Waals surface area contributed by atoms with Crippen LogP contribution in [-0.4, -0.2) is 33.4 Å². The molecule has 128 valence electrons. The second kappa shape index (κ2) is 7.26. The zero-order valence-corrected chi connectivity index (χ0v) is 15.3. The average molecular weight is 392 g/mol. The maximum Gasteiger partial charge on any atom is 0.285 e. The Morgan fingerprint density at radius 3 is 2.88 bits per heavy atom. The Morgan fingerprint density at radius 1 is 1.40 bits per heavy atom. The van der Waals surface area contributed by atoms with Crippen LogP contribution >= 0.6 is 35.3 Å². The molecule has 0 unspecified atom stereocenters. The molecule has 1 fully saturated rings. The van der Waals surface area contributed by atoms with E-state index in [0.717, 1.165) is 16.8 Å². The number of phenols is 1. The molecule has 2 amide bonds. The summed E-state index contributed by atoms with van der Waals surface area (Å²) in [5.74, 6) is -0.489. The predicted octanol–water partition coefficient (Wildman–Crippen LogP) is 3.01. The van der Waals surface area contributed by atoms with Crippen molar-refractivity contribution in [2.75, 3.05) is 7.11 Å². The molecule has 0 atom stereocenters. The van der Waals surface area contributed by atoms with E-state index >= 15 is 0 Å². The third-order valence-corrected chi connectivity index (χ3v) is 5.42. The van der Waals surface area contributed by atoms with Crippen LogP contribution in [0.3, 0.4) is 0 Å². The third kappa shape index (κ3) is 3.68. The first-order valence-corrected chi connectivity index (χ1v) is 9.09. The Balaban J connectivity index is 1.80. The highest BCUT2D eigenvalue weighted by atomic mass is 32.2. The number of thiophene rings is 1. The number of thiocarbonyl (C=S) groups is 1. The first-order chi connectivity index (χ1) is 12.0. The maximum atomic E-state index is 12.5. The van der Waals surface area contributed by atoms with E-state index in [1.807, 2.05) is 0 Å². The molecule has 1 aliphatic heterocycles. The van der Waals surface area contributed by atoms with Crippen molar-refractivity contribution in [2.45, 2.75) is 0 Å². The molecule has 2 heterocycles. The Morgan fingerprint density at radius 2 is 2.20 bits per heavy atom. The molecule has 0 radical (unpaired) electrons. The summed E-state index contributed by atoms with van der Waals surface area (Å²) in [5.41, 5.74) is 3.18. The zero-order valence-electron chi connectivity index (χ0n) is 12.9. The summed E-state index contributed by atoms with van der Waals surface area (Å²) in [7, 11) is 1.44. The molecule has 0 saturated carbocycles. The number of carbonyl (C=O) groups is 2. The average Bonchev–Trinajstić information content (AvgIpc) is 3.21. The summed E-state index contributed by atoms with van der Waals surface area (Å²) in [6.45, 7) is 0. The van der Waals surface area contributed by atoms with Gasteiger partial charge in [0.05, 0.1) is 16.9 Å². The molecule has 6 nitrogen and oxygen atoms in total. The molecule has 1 aromatic heterocycles. The largest absolute Gasteiger partial charge is 0.504 e. The van der Waals surface area contributed by atoms with Crippen LogP contribution in [0.25, 0.3) is 6.08 Å². The maximum absolute atomic E-state index is 12.5. The van der Waals surface area contributed by atoms with Gasteiger partial charge in [-0.3, -0.25) is 15.0 Å². The van der Waals surface area contributed by atoms with Crippen LogP contribution in [0.15, 0.2) is 40.6 Å². The van der Waals surface area contributed by atoms with Crippen molar-refractivity contribution in [3.8, 4) is 11.5 Å². The number of carbonyl (C=O) groups excluding carboxylic acids is 2. The minimum atomic E-state index is -0.410. The van der Waals surface area contributed by atoms with Gasteiger partial charge in [-0.15, -0.1) is 11.3 Å². The SMILES string of the molecule is COc1cc(C=C2SC(=S)N(NC(=O)c3cccs3)C2=O)ccc1O. The van der Waals surface area contributed by atoms with E-state index in [1.54, 1.807) is 35.7 Å². The number of nitrogens with one attached hydrogen (secondary N) is 1. The van der Waals surface area contributed by atoms with Gasteiger partial charge in [0.1, 0.15) is 0 Å². The second-order valence-electron chi connectivity index (χ2n) is 4.87. The lowest BCUT2D eigenvalue weighted by atomic mass is 10.2. The van der Waals surface area contributed by atoms with Gasteiger partial charge in [0.15, 0.2) is 15.8 Å². The molecule has 0 bridgehead atoms. The van der Waals surface area contributed by atoms with Gasteiger partial charge >= 0.3 is 0 Å². The molecule has 3 rings (SSSR count). The molecule has 1 saturated heterocycles. The highest BCUT2D eigenvalue weighted by Gasteiger charge is 2.33. The number of ether oxygens (including phenoxy) is 1. The summed E-state index contributed by atoms with van der Waals surface area (Å²) in [4.78, 5) is 25.5. The summed E-state index contributed by atoms with van der Waals surface area (Å²) in [5, 5.41) is 12.5. The van der Waals surface area contributed by atoms with Crippen LogP contribution in [0.5, 0.6) is 11.5 Å². The highest BCUT2D eigenvalue weighted by molar-refractivity contribution is 8.26. The summed E-state index contributed by atoms with van der Waals surface area (Å²) >= 11 is 7.54. The Bertz CT molecular complexity index is 878. The number of amides is 2. The van der Waals surface area contributed by atoms with Crippen molar-refractivity contribution >= 4 is 57.5 Å². The Labute approximate surface area is 157 Å². The molecule has 1 aliphatic rings. The number of hydrogen-bond donors (Lipinski definition) is 2. The third-order valence-electron chi connectivity index (χ3n) is 3.25. The number of phenolic OH excluding ortho intramolecular Hbond substituents is 1. The van der Waals surface area contributed by atoms with Crippen molar-refractivity contribution in [1.82, 2.24) is 10.4 Å². The predicted molar refractivity (Wildman–Crippen MR) is 101 cm³/mol. The van der Waals surface area contributed by atoms with E-state index in [1.165, 1.54) is 24.5 Å². The molecule has 25 heavy (non-hydrogen) atoms. The highest BCUT2D eigenvalue weighted by Crippen LogP contribution is 2.33. The standard InChI is InChI=1S/C16H12N2O4S3/c1-22-11-7-9(4-5-10(11)19)8-13-15(21)18(16(23)25-13)17-14(20)12-3-2-6-24-12/h2-8,19H,1H3,(H,17,20). The molecule has 2 aromatic rings. The summed E-state index contributed by atoms with van der Waals surface area (Å²) < 4.78 is 5.29. The molecular weight excluding hydrogens is 380 g/mol. The Hall–Kier alpha value is -2.36. The van der Waals surface area contributed by atoms with Crippen LogP contribution in [-0.2, 0) is 4.79 Å². The number of rotatable bonds is 4. The number of hydrogen-bond acceptors (Lipinski definition) is 7. The monoisotopic (exact) mass is 392 g/mol. The normalized spacial score (nSPS) is 15.7. The molecule has 1 aromatic carbocycles. The van der Waals surface area contributed by atoms with Crippen molar-refractivity contribution < 1.29 is 19.4 Å². The molecular formula is C16H12N2O4S3. The van der Waals surface area contributed by atoms with Gasteiger partial charge in [0.2, 0.25) is 0 Å². The van der Waals surface area contributed by atoms with Gasteiger partial charge in [-0.25, -0.2) is 0 Å². The second-order valence-corrected chi connectivity index (χ2v) is 7.49. The number of nitrogens with zero attached hydrogens (tertiary/aromatic N) is 1. The number of methoxy groups -OCH3 is 1. The van der Waals surface area contributed by atoms with Crippen molar-refractivity contribution in [1.29, 1.82) is 0 Å². The van der Waals surface area contributed by atoms with E-state index in [4.69, 9.17) is 17.0 Å². The molecule has 2 N–H and O–H groups in total. The smallest absolute Gasteiger partial charge is 0.285 e. The minimum absolute atomic E-state index is 0.00964. The summed E-state index contributed by atoms with van der Waals surface area (Å²) in [6, 6.07) is 8.14. The fraction of sp³-hybridized carbons (Fsp3) is 0.0625. The van der Waals surface area contributed by atoms with Gasteiger partial charge in [-0.2, -0.15) is 5.01 Å². The van der Waals surface area contributed by atoms with Crippen LogP contribution in [0.1, 0.15) is 15.2 Å². The van der Waals surface area contributed by atoms with Gasteiger partial charge < -0.3 is 9.84 Å². The fourth-order valence-corrected chi connectivity index (χ4v) is 3.86. The van der Waals surface area contributed by atoms with Crippen molar-refractivity contribution in [3.05, 3.63) is 51.1 Å². The lowest BCUT2D eigenvalue weighted by Crippen LogP contribution is -2.44. The molecule has 0 spiro atoms. The van der Waals surface area contributed by atoms with Crippen molar-refractivity contribution in [3.63, 3.8) is 0 Å². The number of thioether (sulfide) groups is 1. The van der Waals surface area contributed by atoms with Crippen LogP contribution in [0.4, 0.5) is 0 Å². The minimum Gasteiger partial charge on any atom is -0.504 e. The van der Waals surface area contributed by atoms with E-state index in [-0.39, 0.29) is 16.0 Å². The van der Waals surface area contributed by atoms with E-state index in [2.05, 4.69) is 5.43 Å². The zero-order chi connectivity index (χ0) is 18.0. The van der Waals surface area contributed by atoms with Crippen LogP contribution in [0.2, 0.25) is 0 Å². The van der Waals surface area contributed by atoms with Gasteiger partial charge in [0, 0.05) is 0 Å². The van der Waals surface area contributed by atoms with Gasteiger partial charge in [-0.05, 0) is 47.4 Å². The lowest BCUT2D eigenvalue weighted by molar-refractivity contribution is -0.123. The number of hydrazine groups is 1. The molecule has 9 heteroatoms. The number of benzene rings is 1. The first kappa shape index (κ1) is 17.5. The lowest BCUT2D eigenvalue weighted by Gasteiger charge is -2.14. The summed E-state index contributed by atoms with van der Waals surface area (Å²) in [6.07, 6.45) is 1.62. The quantitative estimate of drug-likeness (QED) is 0.615. The van der Waals surface area contributed by atoms with Gasteiger partial charge in [-0.1, -0.05) is 23.9 Å². The van der Waals surface area contributed by atoms with Crippen LogP contribution < -0.4 is 10.2 Å². The van der Waals surface area contributed by atoms with Gasteiger partial charge in [0.25, 0.3) is 11.8 Å². The van der Waals surface area contributed by atoms with Crippen molar-refractivity contribution in [2.24, 2.45) is 0 Å².